The number of sulfonamides is 1. The van der Waals surface area contributed by atoms with Gasteiger partial charge in [0, 0.05) is 0 Å². The maximum atomic E-state index is 12.6. The zero-order chi connectivity index (χ0) is 17.5. The van der Waals surface area contributed by atoms with Crippen LogP contribution in [0.3, 0.4) is 0 Å². The van der Waals surface area contributed by atoms with Crippen molar-refractivity contribution in [2.24, 2.45) is 5.14 Å². The summed E-state index contributed by atoms with van der Waals surface area (Å²) in [6.07, 6.45) is 0.807. The van der Waals surface area contributed by atoms with Crippen LogP contribution >= 0.6 is 11.6 Å². The van der Waals surface area contributed by atoms with Gasteiger partial charge in [-0.2, -0.15) is 0 Å². The Labute approximate surface area is 145 Å². The van der Waals surface area contributed by atoms with E-state index in [0.717, 1.165) is 17.7 Å². The first kappa shape index (κ1) is 16.8. The molecule has 0 aliphatic carbocycles. The minimum atomic E-state index is -3.91. The highest BCUT2D eigenvalue weighted by Gasteiger charge is 2.28. The molecule has 3 rings (SSSR count). The van der Waals surface area contributed by atoms with Crippen LogP contribution < -0.4 is 15.6 Å². The Bertz CT molecular complexity index is 915. The molecule has 0 saturated carbocycles. The third-order valence-corrected chi connectivity index (χ3v) is 5.18. The van der Waals surface area contributed by atoms with E-state index in [4.69, 9.17) is 16.7 Å². The molecule has 1 atom stereocenters. The van der Waals surface area contributed by atoms with E-state index < -0.39 is 15.9 Å². The molecule has 0 fully saturated rings. The van der Waals surface area contributed by atoms with Crippen LogP contribution in [0.15, 0.2) is 47.4 Å². The Morgan fingerprint density at radius 1 is 1.29 bits per heavy atom. The summed E-state index contributed by atoms with van der Waals surface area (Å²) in [6.45, 7) is 1.99. The third-order valence-electron chi connectivity index (χ3n) is 3.94. The van der Waals surface area contributed by atoms with Crippen LogP contribution in [0, 0.1) is 0 Å². The molecule has 24 heavy (non-hydrogen) atoms. The second-order valence-corrected chi connectivity index (χ2v) is 7.65. The van der Waals surface area contributed by atoms with Crippen LogP contribution in [0.2, 0.25) is 5.02 Å². The molecule has 0 aromatic heterocycles. The number of nitrogens with one attached hydrogen (secondary N) is 1. The van der Waals surface area contributed by atoms with E-state index in [1.54, 1.807) is 5.01 Å². The van der Waals surface area contributed by atoms with Crippen molar-refractivity contribution < 1.29 is 13.2 Å². The Hall–Kier alpha value is -2.09. The largest absolute Gasteiger partial charge is 0.282 e. The van der Waals surface area contributed by atoms with Crippen LogP contribution in [-0.4, -0.2) is 20.4 Å². The first-order valence-electron chi connectivity index (χ1n) is 7.28. The van der Waals surface area contributed by atoms with Crippen LogP contribution in [0.25, 0.3) is 0 Å². The van der Waals surface area contributed by atoms with E-state index >= 15 is 0 Å². The van der Waals surface area contributed by atoms with Crippen molar-refractivity contribution in [2.45, 2.75) is 24.3 Å². The maximum absolute atomic E-state index is 12.6. The first-order valence-corrected chi connectivity index (χ1v) is 9.20. The average Bonchev–Trinajstić information content (AvgIpc) is 2.82. The second-order valence-electron chi connectivity index (χ2n) is 5.68. The lowest BCUT2D eigenvalue weighted by atomic mass is 10.1. The van der Waals surface area contributed by atoms with E-state index in [1.807, 2.05) is 31.2 Å². The predicted octanol–water partition coefficient (Wildman–Crippen LogP) is 2.08. The minimum absolute atomic E-state index is 0.0553. The highest BCUT2D eigenvalue weighted by atomic mass is 35.5. The molecule has 0 bridgehead atoms. The summed E-state index contributed by atoms with van der Waals surface area (Å²) in [5.41, 5.74) is 4.90. The van der Waals surface area contributed by atoms with Crippen LogP contribution in [0.1, 0.15) is 22.8 Å². The number of carbonyl (C=O) groups is 1. The summed E-state index contributed by atoms with van der Waals surface area (Å²) in [5.74, 6) is -0.492. The summed E-state index contributed by atoms with van der Waals surface area (Å²) in [4.78, 5) is 12.4. The van der Waals surface area contributed by atoms with Gasteiger partial charge in [0.15, 0.2) is 0 Å². The number of rotatable bonds is 3. The monoisotopic (exact) mass is 365 g/mol. The summed E-state index contributed by atoms with van der Waals surface area (Å²) >= 11 is 6.05. The Morgan fingerprint density at radius 3 is 2.71 bits per heavy atom. The molecule has 2 aromatic rings. The molecule has 1 unspecified atom stereocenters. The number of hydrogen-bond donors (Lipinski definition) is 2. The van der Waals surface area contributed by atoms with Gasteiger partial charge in [0.2, 0.25) is 10.0 Å². The van der Waals surface area contributed by atoms with Gasteiger partial charge in [0.1, 0.15) is 0 Å². The molecule has 126 valence electrons. The second kappa shape index (κ2) is 6.08. The maximum Gasteiger partial charge on any atom is 0.271 e. The zero-order valence-corrected chi connectivity index (χ0v) is 14.4. The molecule has 1 aliphatic rings. The fourth-order valence-corrected chi connectivity index (χ4v) is 3.50. The molecule has 0 spiro atoms. The fourth-order valence-electron chi connectivity index (χ4n) is 2.76. The highest BCUT2D eigenvalue weighted by molar-refractivity contribution is 7.89. The van der Waals surface area contributed by atoms with Gasteiger partial charge in [-0.3, -0.25) is 15.2 Å². The number of benzene rings is 2. The van der Waals surface area contributed by atoms with E-state index in [1.165, 1.54) is 18.2 Å². The SMILES string of the molecule is CC1Cc2ccccc2N1NC(=O)c1cc(S(N)(=O)=O)ccc1Cl. The van der Waals surface area contributed by atoms with Crippen molar-refractivity contribution in [2.75, 3.05) is 5.01 Å². The lowest BCUT2D eigenvalue weighted by molar-refractivity contribution is 0.0946. The smallest absolute Gasteiger partial charge is 0.271 e. The van der Waals surface area contributed by atoms with Crippen molar-refractivity contribution in [3.8, 4) is 0 Å². The van der Waals surface area contributed by atoms with Crippen molar-refractivity contribution in [3.05, 3.63) is 58.6 Å². The number of fused-ring (bicyclic) bond motifs is 1. The molecule has 8 heteroatoms. The quantitative estimate of drug-likeness (QED) is 0.871. The van der Waals surface area contributed by atoms with Crippen LogP contribution in [0.4, 0.5) is 5.69 Å². The number of para-hydroxylation sites is 1. The molecule has 0 saturated heterocycles. The number of anilines is 1. The number of halogens is 1. The molecule has 3 N–H and O–H groups in total. The standard InChI is InChI=1S/C16H16ClN3O3S/c1-10-8-11-4-2-3-5-15(11)20(10)19-16(21)13-9-12(24(18,22)23)6-7-14(13)17/h2-7,9-10H,8H2,1H3,(H,19,21)(H2,18,22,23). The molecule has 1 heterocycles. The molecule has 1 amide bonds. The Morgan fingerprint density at radius 2 is 2.00 bits per heavy atom. The van der Waals surface area contributed by atoms with Gasteiger partial charge in [-0.25, -0.2) is 13.6 Å². The number of nitrogens with two attached hydrogens (primary N) is 1. The van der Waals surface area contributed by atoms with E-state index in [0.29, 0.717) is 0 Å². The summed E-state index contributed by atoms with van der Waals surface area (Å²) in [7, 11) is -3.91. The number of carbonyl (C=O) groups excluding carboxylic acids is 1. The lowest BCUT2D eigenvalue weighted by Crippen LogP contribution is -2.45. The van der Waals surface area contributed by atoms with Crippen molar-refractivity contribution in [3.63, 3.8) is 0 Å². The predicted molar refractivity (Wildman–Crippen MR) is 92.4 cm³/mol. The molecule has 0 radical (unpaired) electrons. The van der Waals surface area contributed by atoms with Crippen molar-refractivity contribution >= 4 is 33.2 Å². The molecular formula is C16H16ClN3O3S. The van der Waals surface area contributed by atoms with Crippen LogP contribution in [-0.2, 0) is 16.4 Å². The van der Waals surface area contributed by atoms with Gasteiger partial charge in [-0.1, -0.05) is 29.8 Å². The molecular weight excluding hydrogens is 350 g/mol. The molecule has 1 aliphatic heterocycles. The van der Waals surface area contributed by atoms with Gasteiger partial charge < -0.3 is 0 Å². The first-order chi connectivity index (χ1) is 11.3. The number of amides is 1. The summed E-state index contributed by atoms with van der Waals surface area (Å²) < 4.78 is 22.9. The lowest BCUT2D eigenvalue weighted by Gasteiger charge is -2.25. The van der Waals surface area contributed by atoms with E-state index in [9.17, 15) is 13.2 Å². The highest BCUT2D eigenvalue weighted by Crippen LogP contribution is 2.30. The molecule has 2 aromatic carbocycles. The molecule has 6 nitrogen and oxygen atoms in total. The van der Waals surface area contributed by atoms with E-state index in [-0.39, 0.29) is 21.5 Å². The van der Waals surface area contributed by atoms with Gasteiger partial charge in [-0.05, 0) is 43.2 Å². The number of hydrazine groups is 1. The minimum Gasteiger partial charge on any atom is -0.282 e. The topological polar surface area (TPSA) is 92.5 Å². The van der Waals surface area contributed by atoms with Crippen molar-refractivity contribution in [1.82, 2.24) is 5.43 Å². The van der Waals surface area contributed by atoms with Gasteiger partial charge in [0.05, 0.1) is 27.2 Å². The number of nitrogens with zero attached hydrogens (tertiary/aromatic N) is 1. The van der Waals surface area contributed by atoms with Crippen LogP contribution in [0.5, 0.6) is 0 Å². The van der Waals surface area contributed by atoms with Crippen molar-refractivity contribution in [1.29, 1.82) is 0 Å². The Balaban J connectivity index is 1.91. The van der Waals surface area contributed by atoms with E-state index in [2.05, 4.69) is 5.43 Å². The third kappa shape index (κ3) is 3.10. The normalized spacial score (nSPS) is 16.8. The van der Waals surface area contributed by atoms with Gasteiger partial charge in [0.25, 0.3) is 5.91 Å². The fraction of sp³-hybridized carbons (Fsp3) is 0.188. The average molecular weight is 366 g/mol. The summed E-state index contributed by atoms with van der Waals surface area (Å²) in [5, 5.41) is 7.03. The number of primary sulfonamides is 1. The summed E-state index contributed by atoms with van der Waals surface area (Å²) in [6, 6.07) is 11.6. The van der Waals surface area contributed by atoms with Gasteiger partial charge in [-0.15, -0.1) is 0 Å². The zero-order valence-electron chi connectivity index (χ0n) is 12.9. The number of hydrogen-bond acceptors (Lipinski definition) is 4. The Kier molecular flexibility index (Phi) is 4.25. The van der Waals surface area contributed by atoms with Gasteiger partial charge >= 0.3 is 0 Å².